The van der Waals surface area contributed by atoms with Crippen molar-refractivity contribution >= 4 is 0 Å². The zero-order valence-electron chi connectivity index (χ0n) is 14.0. The van der Waals surface area contributed by atoms with Crippen LogP contribution < -0.4 is 0 Å². The minimum atomic E-state index is -8.61. The highest BCUT2D eigenvalue weighted by molar-refractivity contribution is 5.15. The second kappa shape index (κ2) is 6.92. The lowest BCUT2D eigenvalue weighted by Crippen LogP contribution is -2.74. The zero-order valence-corrected chi connectivity index (χ0v) is 14.0. The lowest BCUT2D eigenvalue weighted by atomic mass is 9.87. The van der Waals surface area contributed by atoms with E-state index in [-0.39, 0.29) is 5.76 Å². The van der Waals surface area contributed by atoms with E-state index < -0.39 is 66.6 Å². The van der Waals surface area contributed by atoms with E-state index in [4.69, 9.17) is 0 Å². The highest BCUT2D eigenvalue weighted by Gasteiger charge is 2.95. The van der Waals surface area contributed by atoms with E-state index in [1.165, 1.54) is 0 Å². The Morgan fingerprint density at radius 1 is 0.581 bits per heavy atom. The summed E-state index contributed by atoms with van der Waals surface area (Å²) < 4.78 is 225. The molecule has 1 aliphatic rings. The van der Waals surface area contributed by atoms with Crippen LogP contribution in [-0.2, 0) is 4.74 Å². The third-order valence-electron chi connectivity index (χ3n) is 4.06. The number of rotatable bonds is 8. The molecule has 0 spiro atoms. The molecular weight excluding hydrogens is 495 g/mol. The van der Waals surface area contributed by atoms with Crippen molar-refractivity contribution in [1.29, 1.82) is 0 Å². The standard InChI is InChI=1S/C13H7F17O/c1-4-2-5(31-4)3-6(14,15)7(16,17)8(18,19)9(20,21)10(22,23)11(24,25)12(26,27)13(28,29)30/h5H,1-3H2. The second-order valence-corrected chi connectivity index (χ2v) is 6.34. The Bertz CT molecular complexity index is 695. The largest absolute Gasteiger partial charge is 0.495 e. The van der Waals surface area contributed by atoms with Crippen LogP contribution >= 0.6 is 0 Å². The Kier molecular flexibility index (Phi) is 6.11. The molecule has 1 heterocycles. The molecule has 1 atom stereocenters. The van der Waals surface area contributed by atoms with Crippen LogP contribution in [0.3, 0.4) is 0 Å². The lowest BCUT2D eigenvalue weighted by Gasteiger charge is -2.43. The average Bonchev–Trinajstić information content (AvgIpc) is 2.50. The van der Waals surface area contributed by atoms with Crippen LogP contribution in [-0.4, -0.2) is 53.7 Å². The summed E-state index contributed by atoms with van der Waals surface area (Å²) in [6, 6.07) is 0. The summed E-state index contributed by atoms with van der Waals surface area (Å²) in [5.41, 5.74) is 0. The molecule has 184 valence electrons. The number of alkyl halides is 17. The maximum atomic E-state index is 13.5. The predicted octanol–water partition coefficient (Wildman–Crippen LogP) is 6.69. The summed E-state index contributed by atoms with van der Waals surface area (Å²) in [5, 5.41) is 0. The van der Waals surface area contributed by atoms with E-state index in [9.17, 15) is 74.6 Å². The zero-order chi connectivity index (χ0) is 25.3. The van der Waals surface area contributed by atoms with Crippen molar-refractivity contribution in [1.82, 2.24) is 0 Å². The quantitative estimate of drug-likeness (QED) is 0.337. The molecule has 0 amide bonds. The number of hydrogen-bond acceptors (Lipinski definition) is 1. The molecule has 1 fully saturated rings. The molecule has 0 aromatic carbocycles. The molecule has 1 rings (SSSR count). The highest BCUT2D eigenvalue weighted by Crippen LogP contribution is 2.64. The normalized spacial score (nSPS) is 20.4. The molecule has 0 bridgehead atoms. The first kappa shape index (κ1) is 27.4. The van der Waals surface area contributed by atoms with Crippen molar-refractivity contribution in [2.45, 2.75) is 66.6 Å². The molecule has 0 radical (unpaired) electrons. The third-order valence-corrected chi connectivity index (χ3v) is 4.06. The van der Waals surface area contributed by atoms with Crippen LogP contribution in [0.5, 0.6) is 0 Å². The summed E-state index contributed by atoms with van der Waals surface area (Å²) in [4.78, 5) is 0. The number of ether oxygens (including phenoxy) is 1. The first-order valence-corrected chi connectivity index (χ1v) is 7.28. The van der Waals surface area contributed by atoms with Crippen LogP contribution in [0.4, 0.5) is 74.6 Å². The van der Waals surface area contributed by atoms with E-state index in [0.717, 1.165) is 0 Å². The van der Waals surface area contributed by atoms with Gasteiger partial charge in [-0.1, -0.05) is 6.58 Å². The van der Waals surface area contributed by atoms with Crippen molar-refractivity contribution in [2.75, 3.05) is 0 Å². The van der Waals surface area contributed by atoms with Gasteiger partial charge in [-0.05, 0) is 0 Å². The molecule has 0 saturated carbocycles. The summed E-state index contributed by atoms with van der Waals surface area (Å²) in [7, 11) is 0. The van der Waals surface area contributed by atoms with Crippen molar-refractivity contribution in [2.24, 2.45) is 0 Å². The number of hydrogen-bond donors (Lipinski definition) is 0. The van der Waals surface area contributed by atoms with Crippen LogP contribution in [0.15, 0.2) is 12.3 Å². The van der Waals surface area contributed by atoms with Gasteiger partial charge in [-0.25, -0.2) is 0 Å². The maximum Gasteiger partial charge on any atom is 0.460 e. The Hall–Kier alpha value is -1.65. The van der Waals surface area contributed by atoms with E-state index in [1.807, 2.05) is 0 Å². The van der Waals surface area contributed by atoms with Gasteiger partial charge in [0.2, 0.25) is 0 Å². The Labute approximate surface area is 159 Å². The topological polar surface area (TPSA) is 9.23 Å². The van der Waals surface area contributed by atoms with E-state index in [0.29, 0.717) is 0 Å². The highest BCUT2D eigenvalue weighted by atomic mass is 19.4. The fourth-order valence-corrected chi connectivity index (χ4v) is 2.20. The van der Waals surface area contributed by atoms with Crippen LogP contribution in [0.2, 0.25) is 0 Å². The van der Waals surface area contributed by atoms with Crippen LogP contribution in [0.25, 0.3) is 0 Å². The molecule has 1 aliphatic heterocycles. The van der Waals surface area contributed by atoms with Crippen molar-refractivity contribution in [3.8, 4) is 0 Å². The minimum absolute atomic E-state index is 0.373. The Balaban J connectivity index is 3.48. The first-order valence-electron chi connectivity index (χ1n) is 7.28. The Morgan fingerprint density at radius 3 is 1.16 bits per heavy atom. The second-order valence-electron chi connectivity index (χ2n) is 6.34. The predicted molar refractivity (Wildman–Crippen MR) is 63.9 cm³/mol. The van der Waals surface area contributed by atoms with Gasteiger partial charge in [0.1, 0.15) is 6.10 Å². The third kappa shape index (κ3) is 3.56. The van der Waals surface area contributed by atoms with Gasteiger partial charge in [-0.3, -0.25) is 0 Å². The van der Waals surface area contributed by atoms with Gasteiger partial charge in [-0.15, -0.1) is 0 Å². The molecule has 0 N–H and O–H groups in total. The molecule has 1 nitrogen and oxygen atoms in total. The van der Waals surface area contributed by atoms with Gasteiger partial charge < -0.3 is 4.74 Å². The molecule has 0 aliphatic carbocycles. The molecule has 18 heteroatoms. The number of halogens is 17. The van der Waals surface area contributed by atoms with Gasteiger partial charge in [0.15, 0.2) is 0 Å². The molecule has 1 unspecified atom stereocenters. The summed E-state index contributed by atoms with van der Waals surface area (Å²) >= 11 is 0. The smallest absolute Gasteiger partial charge is 0.460 e. The molecule has 1 saturated heterocycles. The maximum absolute atomic E-state index is 13.5. The Morgan fingerprint density at radius 2 is 0.871 bits per heavy atom. The summed E-state index contributed by atoms with van der Waals surface area (Å²) in [6.45, 7) is 2.92. The SMILES string of the molecule is C=C1CC(CC(F)(F)C(F)(F)C(F)(F)C(F)(F)C(F)(F)C(F)(F)C(F)(F)C(F)(F)F)O1. The van der Waals surface area contributed by atoms with Crippen molar-refractivity contribution in [3.63, 3.8) is 0 Å². The van der Waals surface area contributed by atoms with Gasteiger partial charge in [0.25, 0.3) is 0 Å². The molecule has 0 aromatic rings. The minimum Gasteiger partial charge on any atom is -0.495 e. The first-order chi connectivity index (χ1) is 13.2. The van der Waals surface area contributed by atoms with E-state index >= 15 is 0 Å². The van der Waals surface area contributed by atoms with Crippen molar-refractivity contribution < 1.29 is 79.4 Å². The summed E-state index contributed by atoms with van der Waals surface area (Å²) in [5.74, 6) is -56.5. The summed E-state index contributed by atoms with van der Waals surface area (Å²) in [6.07, 6.45) is -13.2. The molecule has 31 heavy (non-hydrogen) atoms. The molecule has 0 aromatic heterocycles. The van der Waals surface area contributed by atoms with E-state index in [1.54, 1.807) is 0 Å². The van der Waals surface area contributed by atoms with Crippen LogP contribution in [0, 0.1) is 0 Å². The van der Waals surface area contributed by atoms with Gasteiger partial charge in [0.05, 0.1) is 12.2 Å². The van der Waals surface area contributed by atoms with Gasteiger partial charge >= 0.3 is 47.6 Å². The lowest BCUT2D eigenvalue weighted by molar-refractivity contribution is -0.462. The van der Waals surface area contributed by atoms with E-state index in [2.05, 4.69) is 11.3 Å². The van der Waals surface area contributed by atoms with Gasteiger partial charge in [0, 0.05) is 6.42 Å². The van der Waals surface area contributed by atoms with Crippen molar-refractivity contribution in [3.05, 3.63) is 12.3 Å². The fraction of sp³-hybridized carbons (Fsp3) is 0.846. The van der Waals surface area contributed by atoms with Gasteiger partial charge in [-0.2, -0.15) is 74.6 Å². The monoisotopic (exact) mass is 502 g/mol. The molecular formula is C13H7F17O. The van der Waals surface area contributed by atoms with Crippen LogP contribution in [0.1, 0.15) is 12.8 Å². The fourth-order valence-electron chi connectivity index (χ4n) is 2.20. The average molecular weight is 502 g/mol.